The van der Waals surface area contributed by atoms with E-state index in [9.17, 15) is 0 Å². The van der Waals surface area contributed by atoms with Gasteiger partial charge in [0, 0.05) is 11.9 Å². The van der Waals surface area contributed by atoms with Crippen molar-refractivity contribution in [1.82, 2.24) is 10.2 Å². The maximum absolute atomic E-state index is 9.12. The Morgan fingerprint density at radius 3 is 2.95 bits per heavy atom. The molecule has 5 heteroatoms. The monoisotopic (exact) mass is 268 g/mol. The molecule has 0 fully saturated rings. The van der Waals surface area contributed by atoms with Crippen LogP contribution in [0.4, 0.5) is 5.69 Å². The second-order valence-electron chi connectivity index (χ2n) is 4.17. The Morgan fingerprint density at radius 1 is 1.30 bits per heavy atom. The number of ether oxygens (including phenoxy) is 1. The zero-order valence-electron chi connectivity index (χ0n) is 11.2. The van der Waals surface area contributed by atoms with Gasteiger partial charge in [-0.3, -0.25) is 0 Å². The smallest absolute Gasteiger partial charge is 0.186 e. The summed E-state index contributed by atoms with van der Waals surface area (Å²) in [7, 11) is 0. The van der Waals surface area contributed by atoms with Crippen molar-refractivity contribution in [3.05, 3.63) is 42.6 Å². The van der Waals surface area contributed by atoms with Crippen molar-refractivity contribution in [2.45, 2.75) is 6.42 Å². The average molecular weight is 268 g/mol. The molecule has 0 aliphatic heterocycles. The molecule has 1 aromatic heterocycles. The second-order valence-corrected chi connectivity index (χ2v) is 4.17. The molecule has 0 saturated carbocycles. The van der Waals surface area contributed by atoms with Gasteiger partial charge in [-0.15, -0.1) is 16.8 Å². The molecular formula is C15H16N4O. The SMILES string of the molecule is C=CCCOCCNc1c(C#N)nnc2ccccc12. The van der Waals surface area contributed by atoms with Crippen LogP contribution in [0, 0.1) is 11.3 Å². The van der Waals surface area contributed by atoms with Crippen molar-refractivity contribution < 1.29 is 4.74 Å². The molecule has 1 heterocycles. The predicted molar refractivity (Wildman–Crippen MR) is 78.4 cm³/mol. The first-order valence-corrected chi connectivity index (χ1v) is 6.45. The number of nitriles is 1. The molecule has 102 valence electrons. The van der Waals surface area contributed by atoms with E-state index in [0.29, 0.717) is 31.1 Å². The Hall–Kier alpha value is -2.45. The molecule has 0 spiro atoms. The Labute approximate surface area is 117 Å². The van der Waals surface area contributed by atoms with Gasteiger partial charge in [0.15, 0.2) is 5.69 Å². The van der Waals surface area contributed by atoms with Crippen molar-refractivity contribution in [3.8, 4) is 6.07 Å². The quantitative estimate of drug-likeness (QED) is 0.617. The maximum Gasteiger partial charge on any atom is 0.186 e. The molecule has 1 N–H and O–H groups in total. The maximum atomic E-state index is 9.12. The molecular weight excluding hydrogens is 252 g/mol. The molecule has 2 rings (SSSR count). The lowest BCUT2D eigenvalue weighted by atomic mass is 10.1. The van der Waals surface area contributed by atoms with Crippen molar-refractivity contribution in [2.24, 2.45) is 0 Å². The van der Waals surface area contributed by atoms with Gasteiger partial charge in [0.1, 0.15) is 6.07 Å². The van der Waals surface area contributed by atoms with Crippen LogP contribution in [-0.4, -0.2) is 30.0 Å². The summed E-state index contributed by atoms with van der Waals surface area (Å²) >= 11 is 0. The Kier molecular flexibility index (Phi) is 5.04. The molecule has 0 bridgehead atoms. The standard InChI is InChI=1S/C15H16N4O/c1-2-3-9-20-10-8-17-15-12-6-4-5-7-13(12)18-19-14(15)11-16/h2,4-7H,1,3,8-10H2,(H,17,18). The zero-order chi connectivity index (χ0) is 14.2. The molecule has 0 amide bonds. The molecule has 0 aliphatic rings. The van der Waals surface area contributed by atoms with Crippen molar-refractivity contribution in [1.29, 1.82) is 5.26 Å². The number of hydrogen-bond acceptors (Lipinski definition) is 5. The van der Waals surface area contributed by atoms with Crippen LogP contribution in [-0.2, 0) is 4.74 Å². The van der Waals surface area contributed by atoms with Gasteiger partial charge in [-0.25, -0.2) is 0 Å². The number of rotatable bonds is 7. The van der Waals surface area contributed by atoms with Gasteiger partial charge in [-0.1, -0.05) is 24.3 Å². The molecule has 0 aliphatic carbocycles. The highest BCUT2D eigenvalue weighted by atomic mass is 16.5. The normalized spacial score (nSPS) is 10.2. The van der Waals surface area contributed by atoms with Crippen LogP contribution in [0.2, 0.25) is 0 Å². The fraction of sp³-hybridized carbons (Fsp3) is 0.267. The largest absolute Gasteiger partial charge is 0.380 e. The third-order valence-corrected chi connectivity index (χ3v) is 2.79. The highest BCUT2D eigenvalue weighted by Gasteiger charge is 2.09. The Bertz CT molecular complexity index is 633. The lowest BCUT2D eigenvalue weighted by molar-refractivity contribution is 0.149. The molecule has 0 saturated heterocycles. The number of anilines is 1. The summed E-state index contributed by atoms with van der Waals surface area (Å²) in [5, 5.41) is 21.2. The van der Waals surface area contributed by atoms with Crippen LogP contribution in [0.25, 0.3) is 10.9 Å². The van der Waals surface area contributed by atoms with Gasteiger partial charge in [0.05, 0.1) is 24.4 Å². The average Bonchev–Trinajstić information content (AvgIpc) is 2.50. The van der Waals surface area contributed by atoms with Gasteiger partial charge in [0.25, 0.3) is 0 Å². The summed E-state index contributed by atoms with van der Waals surface area (Å²) in [4.78, 5) is 0. The summed E-state index contributed by atoms with van der Waals surface area (Å²) in [5.74, 6) is 0. The van der Waals surface area contributed by atoms with Crippen LogP contribution in [0.5, 0.6) is 0 Å². The third-order valence-electron chi connectivity index (χ3n) is 2.79. The number of nitrogens with one attached hydrogen (secondary N) is 1. The van der Waals surface area contributed by atoms with Crippen LogP contribution in [0.15, 0.2) is 36.9 Å². The second kappa shape index (κ2) is 7.22. The van der Waals surface area contributed by atoms with E-state index in [1.165, 1.54) is 0 Å². The summed E-state index contributed by atoms with van der Waals surface area (Å²) in [6, 6.07) is 9.66. The summed E-state index contributed by atoms with van der Waals surface area (Å²) in [6.07, 6.45) is 2.66. The third kappa shape index (κ3) is 3.31. The number of hydrogen-bond donors (Lipinski definition) is 1. The fourth-order valence-corrected chi connectivity index (χ4v) is 1.83. The van der Waals surface area contributed by atoms with Gasteiger partial charge in [-0.05, 0) is 12.5 Å². The van der Waals surface area contributed by atoms with E-state index in [4.69, 9.17) is 10.00 Å². The lowest BCUT2D eigenvalue weighted by Crippen LogP contribution is -2.12. The van der Waals surface area contributed by atoms with Gasteiger partial charge in [0.2, 0.25) is 0 Å². The molecule has 1 aromatic carbocycles. The highest BCUT2D eigenvalue weighted by molar-refractivity contribution is 5.92. The van der Waals surface area contributed by atoms with Crippen molar-refractivity contribution in [2.75, 3.05) is 25.1 Å². The van der Waals surface area contributed by atoms with E-state index in [1.807, 2.05) is 30.3 Å². The first kappa shape index (κ1) is 14.0. The Balaban J connectivity index is 2.08. The van der Waals surface area contributed by atoms with Crippen LogP contribution >= 0.6 is 0 Å². The van der Waals surface area contributed by atoms with Crippen molar-refractivity contribution in [3.63, 3.8) is 0 Å². The van der Waals surface area contributed by atoms with Crippen LogP contribution < -0.4 is 5.32 Å². The van der Waals surface area contributed by atoms with Gasteiger partial charge in [-0.2, -0.15) is 5.26 Å². The van der Waals surface area contributed by atoms with Crippen molar-refractivity contribution >= 4 is 16.6 Å². The van der Waals surface area contributed by atoms with E-state index in [1.54, 1.807) is 0 Å². The van der Waals surface area contributed by atoms with E-state index < -0.39 is 0 Å². The molecule has 0 unspecified atom stereocenters. The van der Waals surface area contributed by atoms with E-state index in [2.05, 4.69) is 28.2 Å². The van der Waals surface area contributed by atoms with Gasteiger partial charge < -0.3 is 10.1 Å². The zero-order valence-corrected chi connectivity index (χ0v) is 11.2. The lowest BCUT2D eigenvalue weighted by Gasteiger charge is -2.10. The molecule has 0 atom stereocenters. The first-order chi connectivity index (χ1) is 9.86. The number of fused-ring (bicyclic) bond motifs is 1. The van der Waals surface area contributed by atoms with Crippen LogP contribution in [0.1, 0.15) is 12.1 Å². The molecule has 0 radical (unpaired) electrons. The highest BCUT2D eigenvalue weighted by Crippen LogP contribution is 2.23. The Morgan fingerprint density at radius 2 is 2.15 bits per heavy atom. The summed E-state index contributed by atoms with van der Waals surface area (Å²) < 4.78 is 5.43. The predicted octanol–water partition coefficient (Wildman–Crippen LogP) is 2.51. The fourth-order valence-electron chi connectivity index (χ4n) is 1.83. The number of nitrogens with zero attached hydrogens (tertiary/aromatic N) is 3. The molecule has 2 aromatic rings. The van der Waals surface area contributed by atoms with Crippen LogP contribution in [0.3, 0.4) is 0 Å². The molecule has 20 heavy (non-hydrogen) atoms. The summed E-state index contributed by atoms with van der Waals surface area (Å²) in [6.45, 7) is 5.47. The van der Waals surface area contributed by atoms with E-state index in [0.717, 1.165) is 17.3 Å². The minimum Gasteiger partial charge on any atom is -0.380 e. The minimum atomic E-state index is 0.301. The number of aromatic nitrogens is 2. The van der Waals surface area contributed by atoms with Gasteiger partial charge >= 0.3 is 0 Å². The first-order valence-electron chi connectivity index (χ1n) is 6.45. The minimum absolute atomic E-state index is 0.301. The van der Waals surface area contributed by atoms with E-state index in [-0.39, 0.29) is 0 Å². The summed E-state index contributed by atoms with van der Waals surface area (Å²) in [5.41, 5.74) is 1.78. The van der Waals surface area contributed by atoms with E-state index >= 15 is 0 Å². The topological polar surface area (TPSA) is 70.8 Å². The number of benzene rings is 1. The molecule has 5 nitrogen and oxygen atoms in total.